The number of nitrogens with zero attached hydrogens (tertiary/aromatic N) is 1. The van der Waals surface area contributed by atoms with E-state index in [0.717, 1.165) is 42.8 Å². The number of rotatable bonds is 10. The van der Waals surface area contributed by atoms with E-state index in [0.29, 0.717) is 35.3 Å². The Kier molecular flexibility index (Phi) is 9.09. The topological polar surface area (TPSA) is 100 Å². The van der Waals surface area contributed by atoms with E-state index < -0.39 is 10.0 Å². The zero-order valence-electron chi connectivity index (χ0n) is 21.2. The van der Waals surface area contributed by atoms with Crippen molar-refractivity contribution in [3.63, 3.8) is 0 Å². The molecule has 8 nitrogen and oxygen atoms in total. The fourth-order valence-electron chi connectivity index (χ4n) is 4.40. The van der Waals surface area contributed by atoms with Crippen molar-refractivity contribution in [1.29, 1.82) is 0 Å². The van der Waals surface area contributed by atoms with Crippen LogP contribution in [0, 0.1) is 0 Å². The van der Waals surface area contributed by atoms with E-state index in [1.165, 1.54) is 44.8 Å². The second-order valence-electron chi connectivity index (χ2n) is 9.16. The van der Waals surface area contributed by atoms with Gasteiger partial charge in [0.05, 0.1) is 27.9 Å². The Balaban J connectivity index is 1.84. The van der Waals surface area contributed by atoms with Crippen LogP contribution in [0.25, 0.3) is 0 Å². The first-order valence-electron chi connectivity index (χ1n) is 12.3. The van der Waals surface area contributed by atoms with Crippen molar-refractivity contribution < 1.29 is 22.9 Å². The van der Waals surface area contributed by atoms with Crippen LogP contribution in [0.5, 0.6) is 0 Å². The molecule has 0 saturated heterocycles. The lowest BCUT2D eigenvalue weighted by atomic mass is 10.0. The number of fused-ring (bicyclic) bond motifs is 1. The summed E-state index contributed by atoms with van der Waals surface area (Å²) in [5, 5.41) is 6.15. The molecule has 35 heavy (non-hydrogen) atoms. The molecule has 1 aliphatic heterocycles. The number of quaternary nitrogens is 1. The predicted molar refractivity (Wildman–Crippen MR) is 140 cm³/mol. The van der Waals surface area contributed by atoms with Crippen molar-refractivity contribution >= 4 is 38.2 Å². The Morgan fingerprint density at radius 2 is 1.71 bits per heavy atom. The van der Waals surface area contributed by atoms with Crippen LogP contribution in [-0.4, -0.2) is 57.3 Å². The molecule has 2 aromatic rings. The molecule has 1 atom stereocenters. The second-order valence-corrected chi connectivity index (χ2v) is 12.2. The number of nitrogens with one attached hydrogen (secondary N) is 3. The van der Waals surface area contributed by atoms with Crippen molar-refractivity contribution in [3.05, 3.63) is 45.8 Å². The summed E-state index contributed by atoms with van der Waals surface area (Å²) >= 11 is 1.46. The summed E-state index contributed by atoms with van der Waals surface area (Å²) in [5.74, 6) is -0.580. The SMILES string of the molecule is CCCN(CCC)S(=O)(=O)c1ccc(C(=O)Nc2sc3c(c2C(=O)NC)CC[NH+](C(C)C)C3)cc1. The van der Waals surface area contributed by atoms with E-state index in [2.05, 4.69) is 24.5 Å². The Hall–Kier alpha value is -2.27. The lowest BCUT2D eigenvalue weighted by molar-refractivity contribution is -0.936. The van der Waals surface area contributed by atoms with E-state index in [1.54, 1.807) is 7.05 Å². The number of carbonyl (C=O) groups excluding carboxylic acids is 2. The molecule has 1 aliphatic rings. The van der Waals surface area contributed by atoms with Gasteiger partial charge in [0.15, 0.2) is 0 Å². The van der Waals surface area contributed by atoms with E-state index in [4.69, 9.17) is 0 Å². The summed E-state index contributed by atoms with van der Waals surface area (Å²) in [6.07, 6.45) is 2.25. The van der Waals surface area contributed by atoms with Gasteiger partial charge in [-0.3, -0.25) is 9.59 Å². The van der Waals surface area contributed by atoms with Crippen LogP contribution in [0.2, 0.25) is 0 Å². The summed E-state index contributed by atoms with van der Waals surface area (Å²) in [7, 11) is -2.02. The summed E-state index contributed by atoms with van der Waals surface area (Å²) < 4.78 is 27.5. The van der Waals surface area contributed by atoms with E-state index in [-0.39, 0.29) is 16.7 Å². The predicted octanol–water partition coefficient (Wildman–Crippen LogP) is 2.52. The van der Waals surface area contributed by atoms with Gasteiger partial charge in [-0.2, -0.15) is 4.31 Å². The van der Waals surface area contributed by atoms with Crippen LogP contribution in [-0.2, 0) is 23.0 Å². The molecular weight excluding hydrogens is 484 g/mol. The lowest BCUT2D eigenvalue weighted by Crippen LogP contribution is -3.14. The first kappa shape index (κ1) is 27.3. The fourth-order valence-corrected chi connectivity index (χ4v) is 7.32. The summed E-state index contributed by atoms with van der Waals surface area (Å²) in [6.45, 7) is 11.0. The Labute approximate surface area is 212 Å². The molecule has 0 fully saturated rings. The minimum atomic E-state index is -3.61. The van der Waals surface area contributed by atoms with Gasteiger partial charge in [-0.15, -0.1) is 11.3 Å². The fraction of sp³-hybridized carbons (Fsp3) is 0.520. The van der Waals surface area contributed by atoms with Gasteiger partial charge in [-0.25, -0.2) is 8.42 Å². The molecular formula is C25H37N4O4S2+. The lowest BCUT2D eigenvalue weighted by Gasteiger charge is -2.27. The van der Waals surface area contributed by atoms with Crippen LogP contribution < -0.4 is 15.5 Å². The van der Waals surface area contributed by atoms with E-state index in [9.17, 15) is 18.0 Å². The molecule has 1 unspecified atom stereocenters. The molecule has 0 aliphatic carbocycles. The van der Waals surface area contributed by atoms with E-state index >= 15 is 0 Å². The number of hydrogen-bond acceptors (Lipinski definition) is 5. The van der Waals surface area contributed by atoms with Crippen LogP contribution in [0.3, 0.4) is 0 Å². The summed E-state index contributed by atoms with van der Waals surface area (Å²) in [6, 6.07) is 6.48. The Morgan fingerprint density at radius 1 is 1.09 bits per heavy atom. The minimum absolute atomic E-state index is 0.172. The van der Waals surface area contributed by atoms with Gasteiger partial charge in [0.1, 0.15) is 11.5 Å². The maximum absolute atomic E-state index is 13.1. The molecule has 0 saturated carbocycles. The van der Waals surface area contributed by atoms with Gasteiger partial charge in [-0.05, 0) is 56.5 Å². The Bertz CT molecular complexity index is 1150. The zero-order valence-corrected chi connectivity index (χ0v) is 22.9. The standard InChI is InChI=1S/C25H36N4O4S2/c1-6-13-29(14-7-2)35(32,33)19-10-8-18(9-11-19)23(30)27-25-22(24(31)26-5)20-12-15-28(17(3)4)16-21(20)34-25/h8-11,17H,6-7,12-16H2,1-5H3,(H,26,31)(H,27,30)/p+1. The van der Waals surface area contributed by atoms with Gasteiger partial charge >= 0.3 is 0 Å². The molecule has 1 aromatic heterocycles. The summed E-state index contributed by atoms with van der Waals surface area (Å²) in [5.41, 5.74) is 1.89. The highest BCUT2D eigenvalue weighted by molar-refractivity contribution is 7.89. The van der Waals surface area contributed by atoms with Gasteiger partial charge in [0.25, 0.3) is 11.8 Å². The molecule has 1 aromatic carbocycles. The molecule has 0 spiro atoms. The third-order valence-electron chi connectivity index (χ3n) is 6.37. The number of anilines is 1. The number of amides is 2. The van der Waals surface area contributed by atoms with E-state index in [1.807, 2.05) is 13.8 Å². The molecule has 2 heterocycles. The van der Waals surface area contributed by atoms with Crippen molar-refractivity contribution in [3.8, 4) is 0 Å². The van der Waals surface area contributed by atoms with Gasteiger partial charge < -0.3 is 15.5 Å². The Morgan fingerprint density at radius 3 is 2.26 bits per heavy atom. The van der Waals surface area contributed by atoms with Crippen molar-refractivity contribution in [2.45, 2.75) is 64.4 Å². The van der Waals surface area contributed by atoms with Crippen LogP contribution in [0.4, 0.5) is 5.00 Å². The maximum Gasteiger partial charge on any atom is 0.256 e. The first-order valence-corrected chi connectivity index (χ1v) is 14.5. The molecule has 0 bridgehead atoms. The highest BCUT2D eigenvalue weighted by Gasteiger charge is 2.31. The largest absolute Gasteiger partial charge is 0.355 e. The number of hydrogen-bond donors (Lipinski definition) is 3. The average Bonchev–Trinajstić information content (AvgIpc) is 3.20. The minimum Gasteiger partial charge on any atom is -0.355 e. The quantitative estimate of drug-likeness (QED) is 0.447. The third kappa shape index (κ3) is 5.94. The molecule has 192 valence electrons. The van der Waals surface area contributed by atoms with Crippen molar-refractivity contribution in [2.24, 2.45) is 0 Å². The maximum atomic E-state index is 13.1. The first-order chi connectivity index (χ1) is 16.6. The smallest absolute Gasteiger partial charge is 0.256 e. The highest BCUT2D eigenvalue weighted by Crippen LogP contribution is 2.35. The number of carbonyl (C=O) groups is 2. The van der Waals surface area contributed by atoms with Gasteiger partial charge in [0.2, 0.25) is 10.0 Å². The van der Waals surface area contributed by atoms with Gasteiger partial charge in [0, 0.05) is 32.1 Å². The average molecular weight is 522 g/mol. The monoisotopic (exact) mass is 521 g/mol. The van der Waals surface area contributed by atoms with Crippen LogP contribution >= 0.6 is 11.3 Å². The number of thiophene rings is 1. The van der Waals surface area contributed by atoms with Crippen LogP contribution in [0.1, 0.15) is 71.7 Å². The second kappa shape index (κ2) is 11.6. The summed E-state index contributed by atoms with van der Waals surface area (Å²) in [4.78, 5) is 28.5. The van der Waals surface area contributed by atoms with Crippen molar-refractivity contribution in [2.75, 3.05) is 32.0 Å². The van der Waals surface area contributed by atoms with Crippen molar-refractivity contribution in [1.82, 2.24) is 9.62 Å². The normalized spacial score (nSPS) is 15.8. The van der Waals surface area contributed by atoms with Gasteiger partial charge in [-0.1, -0.05) is 13.8 Å². The van der Waals surface area contributed by atoms with Crippen LogP contribution in [0.15, 0.2) is 29.2 Å². The number of benzene rings is 1. The zero-order chi connectivity index (χ0) is 25.8. The molecule has 3 N–H and O–H groups in total. The molecule has 2 amide bonds. The highest BCUT2D eigenvalue weighted by atomic mass is 32.2. The third-order valence-corrected chi connectivity index (χ3v) is 9.43. The molecule has 3 rings (SSSR count). The molecule has 0 radical (unpaired) electrons. The number of sulfonamides is 1. The molecule has 10 heteroatoms.